The first-order chi connectivity index (χ1) is 8.04. The highest BCUT2D eigenvalue weighted by Gasteiger charge is 2.14. The maximum Gasteiger partial charge on any atom is 0.130 e. The van der Waals surface area contributed by atoms with E-state index in [4.69, 9.17) is 16.9 Å². The Morgan fingerprint density at radius 2 is 2.24 bits per heavy atom. The van der Waals surface area contributed by atoms with Gasteiger partial charge in [0.25, 0.3) is 0 Å². The molecule has 0 aliphatic rings. The van der Waals surface area contributed by atoms with Crippen LogP contribution in [0.1, 0.15) is 11.6 Å². The second-order valence-electron chi connectivity index (χ2n) is 3.99. The highest BCUT2D eigenvalue weighted by molar-refractivity contribution is 6.30. The molecule has 0 spiro atoms. The summed E-state index contributed by atoms with van der Waals surface area (Å²) in [5.74, 6) is -0.457. The molecule has 5 heteroatoms. The quantitative estimate of drug-likeness (QED) is 0.877. The average molecular weight is 256 g/mol. The monoisotopic (exact) mass is 255 g/mol. The lowest BCUT2D eigenvalue weighted by Gasteiger charge is -2.15. The smallest absolute Gasteiger partial charge is 0.130 e. The molecule has 0 bridgehead atoms. The van der Waals surface area contributed by atoms with Gasteiger partial charge in [-0.3, -0.25) is 5.32 Å². The highest BCUT2D eigenvalue weighted by Crippen LogP contribution is 2.20. The van der Waals surface area contributed by atoms with Crippen LogP contribution in [0.4, 0.5) is 4.39 Å². The van der Waals surface area contributed by atoms with E-state index in [-0.39, 0.29) is 0 Å². The van der Waals surface area contributed by atoms with E-state index in [0.29, 0.717) is 17.1 Å². The Kier molecular flexibility index (Phi) is 5.36. The van der Waals surface area contributed by atoms with Crippen molar-refractivity contribution in [3.05, 3.63) is 34.6 Å². The lowest BCUT2D eigenvalue weighted by Crippen LogP contribution is -2.29. The Morgan fingerprint density at radius 1 is 1.53 bits per heavy atom. The van der Waals surface area contributed by atoms with Crippen molar-refractivity contribution in [2.75, 3.05) is 27.2 Å². The maximum atomic E-state index is 13.6. The second kappa shape index (κ2) is 6.55. The van der Waals surface area contributed by atoms with Crippen LogP contribution in [0, 0.1) is 17.1 Å². The predicted molar refractivity (Wildman–Crippen MR) is 66.3 cm³/mol. The van der Waals surface area contributed by atoms with Gasteiger partial charge in [-0.2, -0.15) is 5.26 Å². The van der Waals surface area contributed by atoms with E-state index in [2.05, 4.69) is 5.32 Å². The van der Waals surface area contributed by atoms with Crippen molar-refractivity contribution in [3.8, 4) is 6.07 Å². The highest BCUT2D eigenvalue weighted by atomic mass is 35.5. The van der Waals surface area contributed by atoms with E-state index in [1.807, 2.05) is 25.1 Å². The van der Waals surface area contributed by atoms with Crippen molar-refractivity contribution in [1.29, 1.82) is 5.26 Å². The van der Waals surface area contributed by atoms with Crippen LogP contribution >= 0.6 is 11.6 Å². The molecule has 1 aromatic rings. The number of nitrogens with zero attached hydrogens (tertiary/aromatic N) is 2. The fourth-order valence-electron chi connectivity index (χ4n) is 1.39. The van der Waals surface area contributed by atoms with Gasteiger partial charge in [0.2, 0.25) is 0 Å². The summed E-state index contributed by atoms with van der Waals surface area (Å²) < 4.78 is 13.6. The molecule has 0 saturated heterocycles. The van der Waals surface area contributed by atoms with E-state index in [9.17, 15) is 4.39 Å². The molecular weight excluding hydrogens is 241 g/mol. The zero-order valence-electron chi connectivity index (χ0n) is 9.87. The van der Waals surface area contributed by atoms with E-state index >= 15 is 0 Å². The third-order valence-electron chi connectivity index (χ3n) is 2.31. The number of benzene rings is 1. The van der Waals surface area contributed by atoms with Crippen LogP contribution in [0.15, 0.2) is 18.2 Å². The minimum atomic E-state index is -0.646. The first-order valence-electron chi connectivity index (χ1n) is 5.27. The van der Waals surface area contributed by atoms with Crippen LogP contribution in [-0.2, 0) is 0 Å². The summed E-state index contributed by atoms with van der Waals surface area (Å²) in [7, 11) is 3.87. The molecule has 17 heavy (non-hydrogen) atoms. The van der Waals surface area contributed by atoms with Gasteiger partial charge in [0.1, 0.15) is 11.9 Å². The molecule has 1 unspecified atom stereocenters. The molecule has 1 rings (SSSR count). The van der Waals surface area contributed by atoms with E-state index in [1.165, 1.54) is 12.1 Å². The van der Waals surface area contributed by atoms with Gasteiger partial charge in [0, 0.05) is 23.7 Å². The molecule has 0 radical (unpaired) electrons. The molecule has 3 nitrogen and oxygen atoms in total. The van der Waals surface area contributed by atoms with Crippen molar-refractivity contribution in [2.45, 2.75) is 6.04 Å². The lowest BCUT2D eigenvalue weighted by atomic mass is 10.1. The molecule has 1 atom stereocenters. The van der Waals surface area contributed by atoms with Crippen LogP contribution in [0.3, 0.4) is 0 Å². The number of hydrogen-bond donors (Lipinski definition) is 1. The molecular formula is C12H15ClFN3. The minimum absolute atomic E-state index is 0.329. The summed E-state index contributed by atoms with van der Waals surface area (Å²) in [5.41, 5.74) is 0.329. The first-order valence-corrected chi connectivity index (χ1v) is 5.65. The van der Waals surface area contributed by atoms with Gasteiger partial charge in [-0.25, -0.2) is 4.39 Å². The Balaban J connectivity index is 2.70. The summed E-state index contributed by atoms with van der Waals surface area (Å²) in [4.78, 5) is 1.99. The molecule has 1 aromatic carbocycles. The van der Waals surface area contributed by atoms with Gasteiger partial charge in [-0.05, 0) is 26.2 Å². The molecule has 92 valence electrons. The number of likely N-dealkylation sites (N-methyl/N-ethyl adjacent to an activating group) is 1. The van der Waals surface area contributed by atoms with Crippen molar-refractivity contribution < 1.29 is 4.39 Å². The number of hydrogen-bond acceptors (Lipinski definition) is 3. The molecule has 0 aliphatic carbocycles. The van der Waals surface area contributed by atoms with Crippen LogP contribution in [0.25, 0.3) is 0 Å². The van der Waals surface area contributed by atoms with Gasteiger partial charge < -0.3 is 4.90 Å². The Hall–Kier alpha value is -1.15. The minimum Gasteiger partial charge on any atom is -0.308 e. The predicted octanol–water partition coefficient (Wildman–Crippen LogP) is 2.19. The maximum absolute atomic E-state index is 13.6. The fraction of sp³-hybridized carbons (Fsp3) is 0.417. The Bertz CT molecular complexity index is 415. The molecule has 0 saturated carbocycles. The third kappa shape index (κ3) is 4.31. The number of rotatable bonds is 5. The normalized spacial score (nSPS) is 12.5. The van der Waals surface area contributed by atoms with Crippen LogP contribution in [0.2, 0.25) is 5.02 Å². The van der Waals surface area contributed by atoms with Crippen molar-refractivity contribution >= 4 is 11.6 Å². The molecule has 0 aromatic heterocycles. The Morgan fingerprint density at radius 3 is 2.76 bits per heavy atom. The fourth-order valence-corrected chi connectivity index (χ4v) is 1.55. The molecule has 1 N–H and O–H groups in total. The van der Waals surface area contributed by atoms with Crippen molar-refractivity contribution in [3.63, 3.8) is 0 Å². The van der Waals surface area contributed by atoms with E-state index < -0.39 is 11.9 Å². The second-order valence-corrected chi connectivity index (χ2v) is 4.42. The summed E-state index contributed by atoms with van der Waals surface area (Å²) in [6.07, 6.45) is 0. The summed E-state index contributed by atoms with van der Waals surface area (Å²) >= 11 is 5.66. The molecule has 0 heterocycles. The topological polar surface area (TPSA) is 39.1 Å². The largest absolute Gasteiger partial charge is 0.308 e. The third-order valence-corrected chi connectivity index (χ3v) is 2.55. The molecule has 0 aliphatic heterocycles. The van der Waals surface area contributed by atoms with E-state index in [0.717, 1.165) is 6.54 Å². The van der Waals surface area contributed by atoms with Gasteiger partial charge >= 0.3 is 0 Å². The zero-order valence-corrected chi connectivity index (χ0v) is 10.6. The van der Waals surface area contributed by atoms with Gasteiger partial charge in [0.05, 0.1) is 6.07 Å². The van der Waals surface area contributed by atoms with Crippen LogP contribution in [0.5, 0.6) is 0 Å². The first kappa shape index (κ1) is 13.9. The summed E-state index contributed by atoms with van der Waals surface area (Å²) in [5, 5.41) is 12.3. The molecule has 0 fully saturated rings. The van der Waals surface area contributed by atoms with Gasteiger partial charge in [-0.15, -0.1) is 0 Å². The van der Waals surface area contributed by atoms with Crippen LogP contribution in [-0.4, -0.2) is 32.1 Å². The number of halogens is 2. The van der Waals surface area contributed by atoms with Crippen molar-refractivity contribution in [2.24, 2.45) is 0 Å². The van der Waals surface area contributed by atoms with Crippen LogP contribution < -0.4 is 5.32 Å². The Labute approximate surface area is 106 Å². The summed E-state index contributed by atoms with van der Waals surface area (Å²) in [6, 6.07) is 5.73. The standard InChI is InChI=1S/C12H15ClFN3/c1-17(2)6-5-16-12(8-15)10-4-3-9(13)7-11(10)14/h3-4,7,12,16H,5-6H2,1-2H3. The summed E-state index contributed by atoms with van der Waals surface area (Å²) in [6.45, 7) is 1.40. The van der Waals surface area contributed by atoms with Gasteiger partial charge in [0.15, 0.2) is 0 Å². The number of nitrogens with one attached hydrogen (secondary N) is 1. The van der Waals surface area contributed by atoms with E-state index in [1.54, 1.807) is 6.07 Å². The van der Waals surface area contributed by atoms with Gasteiger partial charge in [-0.1, -0.05) is 17.7 Å². The van der Waals surface area contributed by atoms with Crippen molar-refractivity contribution in [1.82, 2.24) is 10.2 Å². The zero-order chi connectivity index (χ0) is 12.8. The lowest BCUT2D eigenvalue weighted by molar-refractivity contribution is 0.393. The number of nitriles is 1. The SMILES string of the molecule is CN(C)CCNC(C#N)c1ccc(Cl)cc1F. The molecule has 0 amide bonds. The average Bonchev–Trinajstić information content (AvgIpc) is 2.25.